The molecule has 78 valence electrons. The molecule has 0 bridgehead atoms. The Balaban J connectivity index is 3.11. The van der Waals surface area contributed by atoms with Crippen molar-refractivity contribution in [2.75, 3.05) is 30.9 Å². The molecule has 1 rings (SSSR count). The summed E-state index contributed by atoms with van der Waals surface area (Å²) >= 11 is 0. The van der Waals surface area contributed by atoms with E-state index in [1.165, 1.54) is 5.56 Å². The Morgan fingerprint density at radius 1 is 1.29 bits per heavy atom. The van der Waals surface area contributed by atoms with Crippen LogP contribution in [0, 0.1) is 0 Å². The van der Waals surface area contributed by atoms with Crippen LogP contribution in [-0.4, -0.2) is 30.6 Å². The minimum absolute atomic E-state index is 0.886. The molecule has 0 atom stereocenters. The van der Waals surface area contributed by atoms with Crippen LogP contribution >= 0.6 is 0 Å². The van der Waals surface area contributed by atoms with Gasteiger partial charge in [-0.3, -0.25) is 0 Å². The lowest BCUT2D eigenvalue weighted by atomic mass is 10.2. The van der Waals surface area contributed by atoms with Gasteiger partial charge in [0.15, 0.2) is 0 Å². The predicted molar refractivity (Wildman–Crippen MR) is 59.9 cm³/mol. The van der Waals surface area contributed by atoms with Gasteiger partial charge < -0.3 is 10.2 Å². The van der Waals surface area contributed by atoms with Crippen molar-refractivity contribution in [2.45, 2.75) is 20.3 Å². The van der Waals surface area contributed by atoms with E-state index in [1.807, 2.05) is 19.0 Å². The lowest BCUT2D eigenvalue weighted by Crippen LogP contribution is -2.15. The molecule has 4 heteroatoms. The summed E-state index contributed by atoms with van der Waals surface area (Å²) in [5.74, 6) is 1.95. The maximum atomic E-state index is 4.27. The Bertz CT molecular complexity index is 296. The Morgan fingerprint density at radius 2 is 2.00 bits per heavy atom. The van der Waals surface area contributed by atoms with E-state index < -0.39 is 0 Å². The number of rotatable bonds is 4. The zero-order valence-corrected chi connectivity index (χ0v) is 9.33. The first kappa shape index (κ1) is 10.8. The van der Waals surface area contributed by atoms with E-state index in [0.717, 1.165) is 24.6 Å². The normalized spacial score (nSPS) is 10.0. The van der Waals surface area contributed by atoms with Crippen LogP contribution in [0.3, 0.4) is 0 Å². The molecule has 14 heavy (non-hydrogen) atoms. The van der Waals surface area contributed by atoms with Crippen molar-refractivity contribution in [2.24, 2.45) is 0 Å². The van der Waals surface area contributed by atoms with Crippen molar-refractivity contribution < 1.29 is 0 Å². The molecule has 1 aromatic rings. The van der Waals surface area contributed by atoms with Crippen LogP contribution in [0.25, 0.3) is 0 Å². The van der Waals surface area contributed by atoms with Gasteiger partial charge in [0.25, 0.3) is 0 Å². The van der Waals surface area contributed by atoms with E-state index >= 15 is 0 Å². The fraction of sp³-hybridized carbons (Fsp3) is 0.600. The lowest BCUT2D eigenvalue weighted by molar-refractivity contribution is 0.968. The number of hydrogen-bond donors (Lipinski definition) is 1. The van der Waals surface area contributed by atoms with Crippen molar-refractivity contribution in [3.8, 4) is 0 Å². The highest BCUT2D eigenvalue weighted by Gasteiger charge is 2.09. The Morgan fingerprint density at radius 3 is 2.50 bits per heavy atom. The van der Waals surface area contributed by atoms with Crippen molar-refractivity contribution >= 4 is 11.6 Å². The highest BCUT2D eigenvalue weighted by Crippen LogP contribution is 2.21. The van der Waals surface area contributed by atoms with Gasteiger partial charge in [-0.2, -0.15) is 0 Å². The third-order valence-electron chi connectivity index (χ3n) is 2.04. The quantitative estimate of drug-likeness (QED) is 0.789. The van der Waals surface area contributed by atoms with E-state index in [-0.39, 0.29) is 0 Å². The van der Waals surface area contributed by atoms with Crippen molar-refractivity contribution in [3.63, 3.8) is 0 Å². The third kappa shape index (κ3) is 2.13. The molecule has 0 saturated heterocycles. The van der Waals surface area contributed by atoms with E-state index in [9.17, 15) is 0 Å². The molecule has 0 aliphatic rings. The van der Waals surface area contributed by atoms with Gasteiger partial charge in [0.2, 0.25) is 0 Å². The van der Waals surface area contributed by atoms with E-state index in [4.69, 9.17) is 0 Å². The van der Waals surface area contributed by atoms with Gasteiger partial charge in [0.1, 0.15) is 18.0 Å². The molecule has 0 aromatic carbocycles. The van der Waals surface area contributed by atoms with Gasteiger partial charge in [-0.1, -0.05) is 6.92 Å². The van der Waals surface area contributed by atoms with Gasteiger partial charge in [0, 0.05) is 26.2 Å². The summed E-state index contributed by atoms with van der Waals surface area (Å²) in [4.78, 5) is 10.5. The molecule has 1 N–H and O–H groups in total. The lowest BCUT2D eigenvalue weighted by Gasteiger charge is -2.17. The van der Waals surface area contributed by atoms with E-state index in [2.05, 4.69) is 29.1 Å². The summed E-state index contributed by atoms with van der Waals surface area (Å²) in [6, 6.07) is 0. The molecule has 0 unspecified atom stereocenters. The van der Waals surface area contributed by atoms with Crippen LogP contribution in [0.15, 0.2) is 6.33 Å². The Labute approximate surface area is 85.4 Å². The van der Waals surface area contributed by atoms with Crippen LogP contribution < -0.4 is 10.2 Å². The molecule has 0 aliphatic carbocycles. The summed E-state index contributed by atoms with van der Waals surface area (Å²) in [6.07, 6.45) is 2.54. The maximum absolute atomic E-state index is 4.27. The first-order chi connectivity index (χ1) is 6.70. The van der Waals surface area contributed by atoms with Crippen molar-refractivity contribution in [1.82, 2.24) is 9.97 Å². The molecule has 1 heterocycles. The second-order valence-corrected chi connectivity index (χ2v) is 3.30. The predicted octanol–water partition coefficient (Wildman–Crippen LogP) is 1.54. The molecule has 4 nitrogen and oxygen atoms in total. The summed E-state index contributed by atoms with van der Waals surface area (Å²) in [5, 5.41) is 3.24. The first-order valence-corrected chi connectivity index (χ1v) is 4.95. The molecule has 0 fully saturated rings. The van der Waals surface area contributed by atoms with Gasteiger partial charge in [-0.15, -0.1) is 0 Å². The number of aromatic nitrogens is 2. The second-order valence-electron chi connectivity index (χ2n) is 3.30. The minimum Gasteiger partial charge on any atom is -0.370 e. The largest absolute Gasteiger partial charge is 0.370 e. The topological polar surface area (TPSA) is 41.1 Å². The molecule has 0 saturated carbocycles. The Hall–Kier alpha value is -1.32. The molecule has 0 amide bonds. The first-order valence-electron chi connectivity index (χ1n) is 4.95. The van der Waals surface area contributed by atoms with Gasteiger partial charge in [-0.25, -0.2) is 9.97 Å². The maximum Gasteiger partial charge on any atom is 0.136 e. The van der Waals surface area contributed by atoms with E-state index in [1.54, 1.807) is 6.33 Å². The number of hydrogen-bond acceptors (Lipinski definition) is 4. The number of anilines is 2. The van der Waals surface area contributed by atoms with Crippen molar-refractivity contribution in [1.29, 1.82) is 0 Å². The molecule has 0 aliphatic heterocycles. The molecule has 0 radical (unpaired) electrons. The smallest absolute Gasteiger partial charge is 0.136 e. The summed E-state index contributed by atoms with van der Waals surface area (Å²) in [5.41, 5.74) is 1.18. The fourth-order valence-corrected chi connectivity index (χ4v) is 1.43. The van der Waals surface area contributed by atoms with Crippen LogP contribution in [0.1, 0.15) is 19.4 Å². The summed E-state index contributed by atoms with van der Waals surface area (Å²) < 4.78 is 0. The average Bonchev–Trinajstić information content (AvgIpc) is 2.18. The average molecular weight is 194 g/mol. The number of nitrogens with one attached hydrogen (secondary N) is 1. The van der Waals surface area contributed by atoms with Crippen LogP contribution in [0.4, 0.5) is 11.6 Å². The number of nitrogens with zero attached hydrogens (tertiary/aromatic N) is 3. The minimum atomic E-state index is 0.886. The molecular weight excluding hydrogens is 176 g/mol. The molecular formula is C10H18N4. The second kappa shape index (κ2) is 4.79. The summed E-state index contributed by atoms with van der Waals surface area (Å²) in [6.45, 7) is 5.07. The van der Waals surface area contributed by atoms with Crippen molar-refractivity contribution in [3.05, 3.63) is 11.9 Å². The zero-order valence-electron chi connectivity index (χ0n) is 9.33. The highest BCUT2D eigenvalue weighted by atomic mass is 15.2. The summed E-state index contributed by atoms with van der Waals surface area (Å²) in [7, 11) is 3.99. The SMILES string of the molecule is CCNc1ncnc(N(C)C)c1CC. The van der Waals surface area contributed by atoms with E-state index in [0.29, 0.717) is 0 Å². The van der Waals surface area contributed by atoms with Gasteiger partial charge in [-0.05, 0) is 13.3 Å². The fourth-order valence-electron chi connectivity index (χ4n) is 1.43. The van der Waals surface area contributed by atoms with Crippen LogP contribution in [0.5, 0.6) is 0 Å². The highest BCUT2D eigenvalue weighted by molar-refractivity contribution is 5.57. The Kier molecular flexibility index (Phi) is 3.68. The van der Waals surface area contributed by atoms with Gasteiger partial charge >= 0.3 is 0 Å². The zero-order chi connectivity index (χ0) is 10.6. The van der Waals surface area contributed by atoms with Crippen LogP contribution in [-0.2, 0) is 6.42 Å². The monoisotopic (exact) mass is 194 g/mol. The third-order valence-corrected chi connectivity index (χ3v) is 2.04. The standard InChI is InChI=1S/C10H18N4/c1-5-8-9(11-6-2)12-7-13-10(8)14(3)4/h7H,5-6H2,1-4H3,(H,11,12,13). The molecule has 1 aromatic heterocycles. The van der Waals surface area contributed by atoms with Crippen LogP contribution in [0.2, 0.25) is 0 Å². The van der Waals surface area contributed by atoms with Gasteiger partial charge in [0.05, 0.1) is 0 Å². The molecule has 0 spiro atoms.